The second-order valence-corrected chi connectivity index (χ2v) is 4.54. The third-order valence-electron chi connectivity index (χ3n) is 3.15. The van der Waals surface area contributed by atoms with E-state index in [0.717, 1.165) is 12.8 Å². The molecule has 0 aliphatic heterocycles. The number of carbonyl (C=O) groups excluding carboxylic acids is 1. The molecule has 0 radical (unpaired) electrons. The Balaban J connectivity index is 3.24. The largest absolute Gasteiger partial charge is 0.464 e. The standard InChI is InChI=1S/C13H19N3O4/c1-5-6-9(2)15(3)12-11(16(18)19)8-7-10(14-12)13(17)20-4/h7-9H,5-6H2,1-4H3. The lowest BCUT2D eigenvalue weighted by Gasteiger charge is -2.25. The van der Waals surface area contributed by atoms with Crippen LogP contribution < -0.4 is 4.90 Å². The number of hydrogen-bond donors (Lipinski definition) is 0. The second-order valence-electron chi connectivity index (χ2n) is 4.54. The van der Waals surface area contributed by atoms with E-state index in [-0.39, 0.29) is 23.2 Å². The molecule has 1 unspecified atom stereocenters. The maximum absolute atomic E-state index is 11.5. The minimum Gasteiger partial charge on any atom is -0.464 e. The molecule has 0 spiro atoms. The maximum Gasteiger partial charge on any atom is 0.356 e. The predicted molar refractivity (Wildman–Crippen MR) is 75.0 cm³/mol. The van der Waals surface area contributed by atoms with Crippen molar-refractivity contribution in [3.05, 3.63) is 27.9 Å². The van der Waals surface area contributed by atoms with Crippen molar-refractivity contribution in [2.24, 2.45) is 0 Å². The van der Waals surface area contributed by atoms with Crippen molar-refractivity contribution >= 4 is 17.5 Å². The lowest BCUT2D eigenvalue weighted by Crippen LogP contribution is -2.30. The molecule has 1 rings (SSSR count). The van der Waals surface area contributed by atoms with Gasteiger partial charge in [0.2, 0.25) is 5.82 Å². The Kier molecular flexibility index (Phi) is 5.42. The van der Waals surface area contributed by atoms with Crippen LogP contribution >= 0.6 is 0 Å². The van der Waals surface area contributed by atoms with E-state index < -0.39 is 10.9 Å². The van der Waals surface area contributed by atoms with E-state index in [4.69, 9.17) is 0 Å². The van der Waals surface area contributed by atoms with Crippen LogP contribution in [-0.4, -0.2) is 36.1 Å². The summed E-state index contributed by atoms with van der Waals surface area (Å²) in [6, 6.07) is 2.66. The lowest BCUT2D eigenvalue weighted by atomic mass is 10.1. The van der Waals surface area contributed by atoms with Crippen molar-refractivity contribution in [1.29, 1.82) is 0 Å². The Hall–Kier alpha value is -2.18. The molecule has 0 amide bonds. The number of pyridine rings is 1. The van der Waals surface area contributed by atoms with Gasteiger partial charge < -0.3 is 9.64 Å². The molecule has 0 N–H and O–H groups in total. The molecule has 1 heterocycles. The summed E-state index contributed by atoms with van der Waals surface area (Å²) in [5, 5.41) is 11.1. The molecule has 0 aromatic carbocycles. The van der Waals surface area contributed by atoms with Crippen LogP contribution in [-0.2, 0) is 4.74 Å². The zero-order valence-electron chi connectivity index (χ0n) is 12.1. The van der Waals surface area contributed by atoms with E-state index in [2.05, 4.69) is 9.72 Å². The molecule has 20 heavy (non-hydrogen) atoms. The summed E-state index contributed by atoms with van der Waals surface area (Å²) in [5.41, 5.74) is -0.0632. The second kappa shape index (κ2) is 6.83. The number of ether oxygens (including phenoxy) is 1. The van der Waals surface area contributed by atoms with E-state index in [9.17, 15) is 14.9 Å². The molecule has 1 atom stereocenters. The van der Waals surface area contributed by atoms with Crippen molar-refractivity contribution < 1.29 is 14.5 Å². The van der Waals surface area contributed by atoms with Crippen LogP contribution in [0.1, 0.15) is 37.2 Å². The van der Waals surface area contributed by atoms with Gasteiger partial charge in [0, 0.05) is 19.2 Å². The van der Waals surface area contributed by atoms with Gasteiger partial charge in [0.05, 0.1) is 12.0 Å². The Bertz CT molecular complexity index is 504. The van der Waals surface area contributed by atoms with Gasteiger partial charge in [-0.15, -0.1) is 0 Å². The van der Waals surface area contributed by atoms with Crippen molar-refractivity contribution in [3.8, 4) is 0 Å². The molecule has 110 valence electrons. The molecule has 1 aromatic rings. The van der Waals surface area contributed by atoms with Gasteiger partial charge in [-0.1, -0.05) is 13.3 Å². The van der Waals surface area contributed by atoms with Crippen molar-refractivity contribution in [3.63, 3.8) is 0 Å². The van der Waals surface area contributed by atoms with Crippen LogP contribution in [0.15, 0.2) is 12.1 Å². The molecule has 0 fully saturated rings. The Labute approximate surface area is 117 Å². The maximum atomic E-state index is 11.5. The number of rotatable bonds is 6. The van der Waals surface area contributed by atoms with Crippen LogP contribution in [0, 0.1) is 10.1 Å². The molecule has 0 saturated heterocycles. The fraction of sp³-hybridized carbons (Fsp3) is 0.538. The van der Waals surface area contributed by atoms with Gasteiger partial charge in [0.15, 0.2) is 5.69 Å². The Morgan fingerprint density at radius 3 is 2.70 bits per heavy atom. The van der Waals surface area contributed by atoms with Crippen LogP contribution in [0.25, 0.3) is 0 Å². The highest BCUT2D eigenvalue weighted by Gasteiger charge is 2.24. The number of nitrogens with zero attached hydrogens (tertiary/aromatic N) is 3. The topological polar surface area (TPSA) is 85.6 Å². The smallest absolute Gasteiger partial charge is 0.356 e. The van der Waals surface area contributed by atoms with Gasteiger partial charge in [-0.2, -0.15) is 0 Å². The molecular formula is C13H19N3O4. The summed E-state index contributed by atoms with van der Waals surface area (Å²) in [7, 11) is 2.98. The van der Waals surface area contributed by atoms with Gasteiger partial charge in [0.1, 0.15) is 0 Å². The number of methoxy groups -OCH3 is 1. The SMILES string of the molecule is CCCC(C)N(C)c1nc(C(=O)OC)ccc1[N+](=O)[O-]. The average molecular weight is 281 g/mol. The van der Waals surface area contributed by atoms with Crippen LogP contribution in [0.4, 0.5) is 11.5 Å². The first-order valence-electron chi connectivity index (χ1n) is 6.38. The Morgan fingerprint density at radius 2 is 2.20 bits per heavy atom. The minimum absolute atomic E-state index is 0.0589. The molecule has 1 aromatic heterocycles. The summed E-state index contributed by atoms with van der Waals surface area (Å²) in [4.78, 5) is 27.9. The van der Waals surface area contributed by atoms with E-state index in [1.54, 1.807) is 11.9 Å². The number of aromatic nitrogens is 1. The molecule has 0 aliphatic carbocycles. The van der Waals surface area contributed by atoms with Gasteiger partial charge in [-0.25, -0.2) is 9.78 Å². The highest BCUT2D eigenvalue weighted by Crippen LogP contribution is 2.27. The summed E-state index contributed by atoms with van der Waals surface area (Å²) in [6.45, 7) is 4.00. The normalized spacial score (nSPS) is 11.8. The Morgan fingerprint density at radius 1 is 1.55 bits per heavy atom. The van der Waals surface area contributed by atoms with E-state index in [1.807, 2.05) is 13.8 Å². The third kappa shape index (κ3) is 3.43. The highest BCUT2D eigenvalue weighted by atomic mass is 16.6. The molecule has 0 saturated carbocycles. The predicted octanol–water partition coefficient (Wildman–Crippen LogP) is 2.40. The van der Waals surface area contributed by atoms with E-state index >= 15 is 0 Å². The third-order valence-corrected chi connectivity index (χ3v) is 3.15. The fourth-order valence-corrected chi connectivity index (χ4v) is 1.88. The van der Waals surface area contributed by atoms with Crippen LogP contribution in [0.3, 0.4) is 0 Å². The number of esters is 1. The van der Waals surface area contributed by atoms with Gasteiger partial charge in [-0.05, 0) is 19.4 Å². The van der Waals surface area contributed by atoms with Crippen LogP contribution in [0.5, 0.6) is 0 Å². The van der Waals surface area contributed by atoms with Crippen LogP contribution in [0.2, 0.25) is 0 Å². The quantitative estimate of drug-likeness (QED) is 0.452. The average Bonchev–Trinajstić information content (AvgIpc) is 2.45. The molecular weight excluding hydrogens is 262 g/mol. The van der Waals surface area contributed by atoms with Gasteiger partial charge in [0.25, 0.3) is 0 Å². The van der Waals surface area contributed by atoms with Crippen molar-refractivity contribution in [1.82, 2.24) is 4.98 Å². The van der Waals surface area contributed by atoms with Gasteiger partial charge >= 0.3 is 11.7 Å². The van der Waals surface area contributed by atoms with E-state index in [0.29, 0.717) is 0 Å². The number of hydrogen-bond acceptors (Lipinski definition) is 6. The highest BCUT2D eigenvalue weighted by molar-refractivity contribution is 5.88. The van der Waals surface area contributed by atoms with Crippen molar-refractivity contribution in [2.75, 3.05) is 19.1 Å². The zero-order valence-corrected chi connectivity index (χ0v) is 12.1. The summed E-state index contributed by atoms with van der Waals surface area (Å²) in [5.74, 6) is -0.434. The number of carbonyl (C=O) groups is 1. The first-order chi connectivity index (χ1) is 9.42. The molecule has 7 nitrogen and oxygen atoms in total. The molecule has 7 heteroatoms. The van der Waals surface area contributed by atoms with Crippen molar-refractivity contribution in [2.45, 2.75) is 32.7 Å². The fourth-order valence-electron chi connectivity index (χ4n) is 1.88. The monoisotopic (exact) mass is 281 g/mol. The summed E-state index contributed by atoms with van der Waals surface area (Å²) in [6.07, 6.45) is 1.83. The lowest BCUT2D eigenvalue weighted by molar-refractivity contribution is -0.384. The zero-order chi connectivity index (χ0) is 15.3. The van der Waals surface area contributed by atoms with E-state index in [1.165, 1.54) is 19.2 Å². The summed E-state index contributed by atoms with van der Waals surface area (Å²) < 4.78 is 4.59. The number of anilines is 1. The molecule has 0 aliphatic rings. The first-order valence-corrected chi connectivity index (χ1v) is 6.38. The molecule has 0 bridgehead atoms. The first kappa shape index (κ1) is 15.9. The van der Waals surface area contributed by atoms with Gasteiger partial charge in [-0.3, -0.25) is 10.1 Å². The minimum atomic E-state index is -0.613. The number of nitro groups is 1. The summed E-state index contributed by atoms with van der Waals surface area (Å²) >= 11 is 0.